The molecule has 0 aliphatic carbocycles. The van der Waals surface area contributed by atoms with Gasteiger partial charge in [0, 0.05) is 27.2 Å². The minimum Gasteiger partial charge on any atom is -0.322 e. The van der Waals surface area contributed by atoms with Gasteiger partial charge >= 0.3 is 0 Å². The summed E-state index contributed by atoms with van der Waals surface area (Å²) in [5, 5.41) is 4.54. The van der Waals surface area contributed by atoms with E-state index in [1.807, 2.05) is 24.4 Å². The second-order valence-electron chi connectivity index (χ2n) is 5.54. The Kier molecular flexibility index (Phi) is 5.33. The zero-order chi connectivity index (χ0) is 18.8. The number of rotatable bonds is 4. The third-order valence-corrected chi connectivity index (χ3v) is 5.54. The highest BCUT2D eigenvalue weighted by Gasteiger charge is 2.16. The molecule has 0 saturated carbocycles. The minimum absolute atomic E-state index is 0.294. The molecule has 1 aromatic heterocycles. The Morgan fingerprint density at radius 2 is 1.81 bits per heavy atom. The average Bonchev–Trinajstić information content (AvgIpc) is 2.99. The molecule has 0 radical (unpaired) electrons. The molecule has 2 aromatic carbocycles. The molecule has 0 aliphatic rings. The molecule has 3 rings (SSSR count). The Morgan fingerprint density at radius 3 is 2.38 bits per heavy atom. The van der Waals surface area contributed by atoms with Crippen molar-refractivity contribution < 1.29 is 18.0 Å². The van der Waals surface area contributed by atoms with Gasteiger partial charge in [0.25, 0.3) is 5.91 Å². The Morgan fingerprint density at radius 1 is 1.12 bits per heavy atom. The van der Waals surface area contributed by atoms with E-state index in [-0.39, 0.29) is 5.56 Å². The molecule has 0 spiro atoms. The lowest BCUT2D eigenvalue weighted by molar-refractivity contribution is 0.102. The van der Waals surface area contributed by atoms with Gasteiger partial charge in [0.2, 0.25) is 0 Å². The van der Waals surface area contributed by atoms with Crippen molar-refractivity contribution in [2.45, 2.75) is 23.1 Å². The number of amides is 1. The van der Waals surface area contributed by atoms with Crippen molar-refractivity contribution in [3.63, 3.8) is 0 Å². The van der Waals surface area contributed by atoms with Crippen molar-refractivity contribution in [1.29, 1.82) is 0 Å². The molecule has 0 bridgehead atoms. The van der Waals surface area contributed by atoms with Crippen molar-refractivity contribution in [3.8, 4) is 0 Å². The van der Waals surface area contributed by atoms with Crippen LogP contribution in [0.4, 0.5) is 18.9 Å². The zero-order valence-corrected chi connectivity index (χ0v) is 15.4. The van der Waals surface area contributed by atoms with Gasteiger partial charge in [-0.05, 0) is 49.7 Å². The number of aromatic nitrogens is 1. The van der Waals surface area contributed by atoms with E-state index in [4.69, 9.17) is 0 Å². The molecule has 3 nitrogen and oxygen atoms in total. The maximum Gasteiger partial charge on any atom is 0.255 e. The predicted octanol–water partition coefficient (Wildman–Crippen LogP) is 5.58. The highest BCUT2D eigenvalue weighted by molar-refractivity contribution is 8.01. The fraction of sp³-hybridized carbons (Fsp3) is 0.111. The number of benzene rings is 2. The molecular weight excluding hydrogens is 381 g/mol. The molecule has 0 saturated heterocycles. The third-order valence-electron chi connectivity index (χ3n) is 3.50. The van der Waals surface area contributed by atoms with Gasteiger partial charge in [-0.3, -0.25) is 4.79 Å². The maximum absolute atomic E-state index is 13.3. The second kappa shape index (κ2) is 7.51. The molecule has 134 valence electrons. The number of aryl methyl sites for hydroxylation is 2. The highest BCUT2D eigenvalue weighted by atomic mass is 32.2. The van der Waals surface area contributed by atoms with Crippen LogP contribution >= 0.6 is 23.1 Å². The summed E-state index contributed by atoms with van der Waals surface area (Å²) in [6, 6.07) is 6.72. The quantitative estimate of drug-likeness (QED) is 0.587. The van der Waals surface area contributed by atoms with Gasteiger partial charge < -0.3 is 5.32 Å². The summed E-state index contributed by atoms with van der Waals surface area (Å²) in [7, 11) is 0. The van der Waals surface area contributed by atoms with E-state index in [1.54, 1.807) is 24.3 Å². The van der Waals surface area contributed by atoms with Crippen molar-refractivity contribution in [2.24, 2.45) is 0 Å². The van der Waals surface area contributed by atoms with Crippen molar-refractivity contribution in [2.75, 3.05) is 5.32 Å². The number of carbonyl (C=O) groups is 1. The fourth-order valence-electron chi connectivity index (χ4n) is 2.20. The Balaban J connectivity index is 1.76. The van der Waals surface area contributed by atoms with Gasteiger partial charge in [-0.25, -0.2) is 18.2 Å². The number of carbonyl (C=O) groups excluding carboxylic acids is 1. The first-order valence-electron chi connectivity index (χ1n) is 7.50. The van der Waals surface area contributed by atoms with Crippen molar-refractivity contribution in [3.05, 3.63) is 70.0 Å². The fourth-order valence-corrected chi connectivity index (χ4v) is 4.11. The van der Waals surface area contributed by atoms with E-state index in [1.165, 1.54) is 11.8 Å². The van der Waals surface area contributed by atoms with Crippen LogP contribution in [-0.2, 0) is 0 Å². The van der Waals surface area contributed by atoms with Crippen LogP contribution in [0.2, 0.25) is 0 Å². The molecule has 1 heterocycles. The normalized spacial score (nSPS) is 10.8. The summed E-state index contributed by atoms with van der Waals surface area (Å²) < 4.78 is 40.5. The van der Waals surface area contributed by atoms with Crippen molar-refractivity contribution >= 4 is 34.7 Å². The van der Waals surface area contributed by atoms with Crippen LogP contribution in [0.1, 0.15) is 21.6 Å². The van der Waals surface area contributed by atoms with Crippen LogP contribution in [0.25, 0.3) is 0 Å². The first-order valence-corrected chi connectivity index (χ1v) is 9.19. The number of nitrogens with one attached hydrogen (secondary N) is 1. The highest BCUT2D eigenvalue weighted by Crippen LogP contribution is 2.32. The van der Waals surface area contributed by atoms with E-state index >= 15 is 0 Å². The number of anilines is 1. The third kappa shape index (κ3) is 4.08. The summed E-state index contributed by atoms with van der Waals surface area (Å²) in [6.07, 6.45) is 0. The average molecular weight is 394 g/mol. The number of nitrogens with zero attached hydrogens (tertiary/aromatic N) is 1. The lowest BCUT2D eigenvalue weighted by Gasteiger charge is -2.10. The molecule has 1 amide bonds. The summed E-state index contributed by atoms with van der Waals surface area (Å²) in [6.45, 7) is 3.73. The Labute approximate surface area is 156 Å². The lowest BCUT2D eigenvalue weighted by Crippen LogP contribution is -2.14. The van der Waals surface area contributed by atoms with E-state index in [9.17, 15) is 18.0 Å². The van der Waals surface area contributed by atoms with Gasteiger partial charge in [-0.2, -0.15) is 0 Å². The van der Waals surface area contributed by atoms with Gasteiger partial charge in [-0.1, -0.05) is 11.8 Å². The van der Waals surface area contributed by atoms with Crippen LogP contribution in [0.15, 0.2) is 44.9 Å². The SMILES string of the molecule is Cc1csc(Sc2ccc(NC(=O)c3cc(F)c(F)c(F)c3)c(C)c2)n1. The topological polar surface area (TPSA) is 42.0 Å². The van der Waals surface area contributed by atoms with Crippen molar-refractivity contribution in [1.82, 2.24) is 4.98 Å². The first kappa shape index (κ1) is 18.5. The number of thiazole rings is 1. The molecule has 0 unspecified atom stereocenters. The zero-order valence-electron chi connectivity index (χ0n) is 13.8. The van der Waals surface area contributed by atoms with E-state index in [0.29, 0.717) is 17.8 Å². The van der Waals surface area contributed by atoms with E-state index < -0.39 is 23.4 Å². The maximum atomic E-state index is 13.3. The molecule has 1 N–H and O–H groups in total. The Bertz CT molecular complexity index is 965. The monoisotopic (exact) mass is 394 g/mol. The molecule has 0 fully saturated rings. The largest absolute Gasteiger partial charge is 0.322 e. The number of hydrogen-bond donors (Lipinski definition) is 1. The molecule has 8 heteroatoms. The summed E-state index contributed by atoms with van der Waals surface area (Å²) in [5.74, 6) is -5.13. The number of halogens is 3. The van der Waals surface area contributed by atoms with Crippen LogP contribution in [-0.4, -0.2) is 10.9 Å². The van der Waals surface area contributed by atoms with Gasteiger partial charge in [0.15, 0.2) is 21.8 Å². The molecular formula is C18H13F3N2OS2. The van der Waals surface area contributed by atoms with Gasteiger partial charge in [-0.15, -0.1) is 11.3 Å². The van der Waals surface area contributed by atoms with Gasteiger partial charge in [0.1, 0.15) is 0 Å². The molecule has 3 aromatic rings. The standard InChI is InChI=1S/C18H13F3N2OS2/c1-9-5-12(26-18-22-10(2)8-25-18)3-4-15(9)23-17(24)11-6-13(19)16(21)14(20)7-11/h3-8H,1-2H3,(H,23,24). The molecule has 0 aliphatic heterocycles. The predicted molar refractivity (Wildman–Crippen MR) is 96.4 cm³/mol. The van der Waals surface area contributed by atoms with Gasteiger partial charge in [0.05, 0.1) is 0 Å². The second-order valence-corrected chi connectivity index (χ2v) is 7.72. The summed E-state index contributed by atoms with van der Waals surface area (Å²) in [5.41, 5.74) is 1.94. The van der Waals surface area contributed by atoms with Crippen LogP contribution in [0, 0.1) is 31.3 Å². The van der Waals surface area contributed by atoms with Crippen LogP contribution in [0.5, 0.6) is 0 Å². The smallest absolute Gasteiger partial charge is 0.255 e. The van der Waals surface area contributed by atoms with E-state index in [2.05, 4.69) is 10.3 Å². The van der Waals surface area contributed by atoms with E-state index in [0.717, 1.165) is 20.5 Å². The molecule has 26 heavy (non-hydrogen) atoms. The summed E-state index contributed by atoms with van der Waals surface area (Å²) in [4.78, 5) is 17.5. The first-order chi connectivity index (χ1) is 12.3. The minimum atomic E-state index is -1.60. The Hall–Kier alpha value is -2.32. The molecule has 0 atom stereocenters. The lowest BCUT2D eigenvalue weighted by atomic mass is 10.1. The number of hydrogen-bond acceptors (Lipinski definition) is 4. The summed E-state index contributed by atoms with van der Waals surface area (Å²) >= 11 is 3.05. The van der Waals surface area contributed by atoms with Crippen LogP contribution in [0.3, 0.4) is 0 Å². The van der Waals surface area contributed by atoms with Crippen LogP contribution < -0.4 is 5.32 Å².